The molecular weight excluding hydrogens is 291 g/mol. The SMILES string of the molecule is CN(C(=O)c1ccc(F)cc1)c1nc(-n2cccn2)cs1. The predicted molar refractivity (Wildman–Crippen MR) is 78.4 cm³/mol. The molecule has 0 unspecified atom stereocenters. The average Bonchev–Trinajstić information content (AvgIpc) is 3.17. The summed E-state index contributed by atoms with van der Waals surface area (Å²) in [4.78, 5) is 18.1. The van der Waals surface area contributed by atoms with Crippen LogP contribution in [0.15, 0.2) is 48.1 Å². The lowest BCUT2D eigenvalue weighted by atomic mass is 10.2. The summed E-state index contributed by atoms with van der Waals surface area (Å²) in [7, 11) is 1.64. The lowest BCUT2D eigenvalue weighted by Crippen LogP contribution is -2.26. The van der Waals surface area contributed by atoms with Gasteiger partial charge in [0.2, 0.25) is 0 Å². The van der Waals surface area contributed by atoms with Crippen molar-refractivity contribution in [1.82, 2.24) is 14.8 Å². The molecule has 0 aliphatic heterocycles. The van der Waals surface area contributed by atoms with E-state index in [1.807, 2.05) is 5.38 Å². The Bertz CT molecular complexity index is 752. The smallest absolute Gasteiger partial charge is 0.259 e. The molecule has 5 nitrogen and oxygen atoms in total. The van der Waals surface area contributed by atoms with Gasteiger partial charge >= 0.3 is 0 Å². The second-order valence-corrected chi connectivity index (χ2v) is 5.15. The average molecular weight is 302 g/mol. The molecule has 1 amide bonds. The van der Waals surface area contributed by atoms with E-state index in [0.29, 0.717) is 16.5 Å². The van der Waals surface area contributed by atoms with Crippen molar-refractivity contribution in [3.63, 3.8) is 0 Å². The fourth-order valence-corrected chi connectivity index (χ4v) is 2.55. The summed E-state index contributed by atoms with van der Waals surface area (Å²) in [6, 6.07) is 7.23. The summed E-state index contributed by atoms with van der Waals surface area (Å²) in [6.45, 7) is 0. The van der Waals surface area contributed by atoms with Crippen LogP contribution in [0, 0.1) is 5.82 Å². The summed E-state index contributed by atoms with van der Waals surface area (Å²) in [6.07, 6.45) is 3.44. The molecule has 0 radical (unpaired) electrons. The first kappa shape index (κ1) is 13.4. The first-order valence-corrected chi connectivity index (χ1v) is 7.02. The van der Waals surface area contributed by atoms with Crippen molar-refractivity contribution in [3.8, 4) is 5.82 Å². The van der Waals surface area contributed by atoms with Crippen LogP contribution in [0.1, 0.15) is 10.4 Å². The van der Waals surface area contributed by atoms with Gasteiger partial charge in [-0.1, -0.05) is 0 Å². The van der Waals surface area contributed by atoms with Gasteiger partial charge in [0.1, 0.15) is 5.82 Å². The Balaban J connectivity index is 1.83. The van der Waals surface area contributed by atoms with Gasteiger partial charge in [-0.05, 0) is 30.3 Å². The van der Waals surface area contributed by atoms with E-state index in [2.05, 4.69) is 10.1 Å². The Kier molecular flexibility index (Phi) is 3.49. The van der Waals surface area contributed by atoms with Gasteiger partial charge in [0.15, 0.2) is 10.9 Å². The van der Waals surface area contributed by atoms with Crippen molar-refractivity contribution in [2.75, 3.05) is 11.9 Å². The van der Waals surface area contributed by atoms with Crippen LogP contribution in [0.4, 0.5) is 9.52 Å². The Morgan fingerprint density at radius 1 is 1.33 bits per heavy atom. The van der Waals surface area contributed by atoms with E-state index in [9.17, 15) is 9.18 Å². The first-order valence-electron chi connectivity index (χ1n) is 6.14. The van der Waals surface area contributed by atoms with Gasteiger partial charge in [0, 0.05) is 30.4 Å². The minimum Gasteiger partial charge on any atom is -0.287 e. The number of rotatable bonds is 3. The van der Waals surface area contributed by atoms with Crippen LogP contribution in [0.5, 0.6) is 0 Å². The Labute approximate surface area is 124 Å². The maximum absolute atomic E-state index is 12.9. The highest BCUT2D eigenvalue weighted by molar-refractivity contribution is 7.14. The molecule has 3 rings (SSSR count). The Hall–Kier alpha value is -2.54. The number of nitrogens with zero attached hydrogens (tertiary/aromatic N) is 4. The zero-order valence-electron chi connectivity index (χ0n) is 11.1. The lowest BCUT2D eigenvalue weighted by Gasteiger charge is -2.13. The number of hydrogen-bond acceptors (Lipinski definition) is 4. The molecule has 2 heterocycles. The molecule has 0 saturated carbocycles. The van der Waals surface area contributed by atoms with Crippen molar-refractivity contribution >= 4 is 22.4 Å². The molecular formula is C14H11FN4OS. The molecule has 7 heteroatoms. The predicted octanol–water partition coefficient (Wildman–Crippen LogP) is 2.74. The van der Waals surface area contributed by atoms with Crippen LogP contribution in [-0.4, -0.2) is 27.7 Å². The summed E-state index contributed by atoms with van der Waals surface area (Å²) < 4.78 is 14.5. The summed E-state index contributed by atoms with van der Waals surface area (Å²) in [5, 5.41) is 6.45. The van der Waals surface area contributed by atoms with Gasteiger partial charge in [0.25, 0.3) is 5.91 Å². The van der Waals surface area contributed by atoms with Crippen LogP contribution >= 0.6 is 11.3 Å². The molecule has 0 aliphatic carbocycles. The Morgan fingerprint density at radius 2 is 2.10 bits per heavy atom. The van der Waals surface area contributed by atoms with Gasteiger partial charge in [-0.25, -0.2) is 14.1 Å². The molecule has 106 valence electrons. The largest absolute Gasteiger partial charge is 0.287 e. The quantitative estimate of drug-likeness (QED) is 0.747. The van der Waals surface area contributed by atoms with Gasteiger partial charge in [-0.15, -0.1) is 11.3 Å². The van der Waals surface area contributed by atoms with Gasteiger partial charge in [-0.3, -0.25) is 9.69 Å². The van der Waals surface area contributed by atoms with E-state index < -0.39 is 0 Å². The number of aromatic nitrogens is 3. The fourth-order valence-electron chi connectivity index (χ4n) is 1.79. The van der Waals surface area contributed by atoms with Crippen LogP contribution in [0.25, 0.3) is 5.82 Å². The van der Waals surface area contributed by atoms with Crippen molar-refractivity contribution in [2.24, 2.45) is 0 Å². The van der Waals surface area contributed by atoms with E-state index in [1.54, 1.807) is 30.2 Å². The van der Waals surface area contributed by atoms with Crippen LogP contribution in [-0.2, 0) is 0 Å². The summed E-state index contributed by atoms with van der Waals surface area (Å²) in [5.41, 5.74) is 0.412. The third kappa shape index (κ3) is 2.68. The molecule has 21 heavy (non-hydrogen) atoms. The molecule has 0 bridgehead atoms. The normalized spacial score (nSPS) is 10.6. The fraction of sp³-hybridized carbons (Fsp3) is 0.0714. The first-order chi connectivity index (χ1) is 10.1. The van der Waals surface area contributed by atoms with Gasteiger partial charge in [-0.2, -0.15) is 5.10 Å². The molecule has 0 fully saturated rings. The maximum Gasteiger partial charge on any atom is 0.259 e. The molecule has 0 saturated heterocycles. The number of carbonyl (C=O) groups is 1. The number of benzene rings is 1. The van der Waals surface area contributed by atoms with Crippen molar-refractivity contribution in [1.29, 1.82) is 0 Å². The number of amides is 1. The third-order valence-electron chi connectivity index (χ3n) is 2.90. The van der Waals surface area contributed by atoms with Crippen molar-refractivity contribution in [2.45, 2.75) is 0 Å². The topological polar surface area (TPSA) is 51.0 Å². The van der Waals surface area contributed by atoms with E-state index >= 15 is 0 Å². The van der Waals surface area contributed by atoms with E-state index in [0.717, 1.165) is 0 Å². The number of hydrogen-bond donors (Lipinski definition) is 0. The zero-order valence-corrected chi connectivity index (χ0v) is 11.9. The Morgan fingerprint density at radius 3 is 2.76 bits per heavy atom. The molecule has 0 aliphatic rings. The summed E-state index contributed by atoms with van der Waals surface area (Å²) in [5.74, 6) is 0.0412. The molecule has 3 aromatic rings. The van der Waals surface area contributed by atoms with E-state index in [1.165, 1.54) is 40.5 Å². The third-order valence-corrected chi connectivity index (χ3v) is 3.81. The number of thiazole rings is 1. The van der Waals surface area contributed by atoms with Crippen molar-refractivity contribution < 1.29 is 9.18 Å². The van der Waals surface area contributed by atoms with Crippen LogP contribution in [0.3, 0.4) is 0 Å². The minimum atomic E-state index is -0.371. The highest BCUT2D eigenvalue weighted by Crippen LogP contribution is 2.22. The number of carbonyl (C=O) groups excluding carboxylic acids is 1. The highest BCUT2D eigenvalue weighted by Gasteiger charge is 2.17. The number of halogens is 1. The lowest BCUT2D eigenvalue weighted by molar-refractivity contribution is 0.0993. The molecule has 2 aromatic heterocycles. The van der Waals surface area contributed by atoms with E-state index in [4.69, 9.17) is 0 Å². The number of anilines is 1. The van der Waals surface area contributed by atoms with Crippen LogP contribution < -0.4 is 4.90 Å². The summed E-state index contributed by atoms with van der Waals surface area (Å²) >= 11 is 1.34. The second-order valence-electron chi connectivity index (χ2n) is 4.31. The monoisotopic (exact) mass is 302 g/mol. The highest BCUT2D eigenvalue weighted by atomic mass is 32.1. The molecule has 0 atom stereocenters. The second kappa shape index (κ2) is 5.45. The van der Waals surface area contributed by atoms with E-state index in [-0.39, 0.29) is 11.7 Å². The maximum atomic E-state index is 12.9. The molecule has 1 aromatic carbocycles. The van der Waals surface area contributed by atoms with Crippen molar-refractivity contribution in [3.05, 3.63) is 59.5 Å². The molecule has 0 N–H and O–H groups in total. The van der Waals surface area contributed by atoms with Gasteiger partial charge in [0.05, 0.1) is 0 Å². The molecule has 0 spiro atoms. The van der Waals surface area contributed by atoms with Crippen LogP contribution in [0.2, 0.25) is 0 Å². The standard InChI is InChI=1S/C14H11FN4OS/c1-18(13(20)10-3-5-11(15)6-4-10)14-17-12(9-21-14)19-8-2-7-16-19/h2-9H,1H3. The zero-order chi connectivity index (χ0) is 14.8. The minimum absolute atomic E-state index is 0.239. The van der Waals surface area contributed by atoms with Gasteiger partial charge < -0.3 is 0 Å².